The summed E-state index contributed by atoms with van der Waals surface area (Å²) in [6, 6.07) is 3.20. The number of amides is 1. The van der Waals surface area contributed by atoms with Crippen LogP contribution in [0.4, 0.5) is 8.78 Å². The zero-order valence-corrected chi connectivity index (χ0v) is 10.1. The zero-order valence-electron chi connectivity index (χ0n) is 10.1. The summed E-state index contributed by atoms with van der Waals surface area (Å²) in [7, 11) is 0. The fraction of sp³-hybridized carbons (Fsp3) is 0.417. The Morgan fingerprint density at radius 1 is 1.37 bits per heavy atom. The number of halogens is 2. The molecule has 1 amide bonds. The van der Waals surface area contributed by atoms with Crippen molar-refractivity contribution < 1.29 is 13.6 Å². The van der Waals surface area contributed by atoms with Crippen LogP contribution < -0.4 is 0 Å². The lowest BCUT2D eigenvalue weighted by atomic mass is 10.2. The molecule has 0 bridgehead atoms. The van der Waals surface area contributed by atoms with E-state index in [1.165, 1.54) is 11.0 Å². The van der Waals surface area contributed by atoms with Crippen LogP contribution in [0.15, 0.2) is 12.3 Å². The minimum absolute atomic E-state index is 0.304. The molecule has 1 fully saturated rings. The molecule has 19 heavy (non-hydrogen) atoms. The molecule has 1 aromatic heterocycles. The number of aromatic nitrogens is 1. The van der Waals surface area contributed by atoms with Crippen molar-refractivity contribution in [2.24, 2.45) is 0 Å². The summed E-state index contributed by atoms with van der Waals surface area (Å²) < 4.78 is 26.4. The summed E-state index contributed by atoms with van der Waals surface area (Å²) in [6.45, 7) is 2.19. The summed E-state index contributed by atoms with van der Waals surface area (Å²) in [5, 5.41) is 8.57. The molecule has 5 nitrogen and oxygen atoms in total. The maximum Gasteiger partial charge on any atom is 0.257 e. The fourth-order valence-electron chi connectivity index (χ4n) is 1.96. The lowest BCUT2D eigenvalue weighted by molar-refractivity contribution is 0.0645. The molecule has 0 aromatic carbocycles. The molecule has 0 atom stereocenters. The van der Waals surface area contributed by atoms with Crippen LogP contribution in [0.5, 0.6) is 0 Å². The molecule has 0 radical (unpaired) electrons. The van der Waals surface area contributed by atoms with E-state index < -0.39 is 17.7 Å². The number of pyridine rings is 1. The lowest BCUT2D eigenvalue weighted by Gasteiger charge is -2.33. The fourth-order valence-corrected chi connectivity index (χ4v) is 1.96. The van der Waals surface area contributed by atoms with Gasteiger partial charge in [0, 0.05) is 32.4 Å². The summed E-state index contributed by atoms with van der Waals surface area (Å²) in [5.41, 5.74) is -0.304. The van der Waals surface area contributed by atoms with Crippen molar-refractivity contribution >= 4 is 5.91 Å². The SMILES string of the molecule is N#CCN1CCN(C(=O)c2ccnc(F)c2F)CC1. The van der Waals surface area contributed by atoms with Crippen molar-refractivity contribution in [1.82, 2.24) is 14.8 Å². The van der Waals surface area contributed by atoms with Crippen LogP contribution in [0.1, 0.15) is 10.4 Å². The van der Waals surface area contributed by atoms with Crippen LogP contribution in [-0.4, -0.2) is 53.4 Å². The number of carbonyl (C=O) groups is 1. The molecule has 0 aliphatic carbocycles. The molecule has 1 aliphatic heterocycles. The Morgan fingerprint density at radius 2 is 2.05 bits per heavy atom. The van der Waals surface area contributed by atoms with Gasteiger partial charge < -0.3 is 4.90 Å². The quantitative estimate of drug-likeness (QED) is 0.582. The van der Waals surface area contributed by atoms with Gasteiger partial charge in [-0.1, -0.05) is 0 Å². The van der Waals surface area contributed by atoms with Gasteiger partial charge in [-0.25, -0.2) is 9.37 Å². The van der Waals surface area contributed by atoms with Crippen molar-refractivity contribution in [3.8, 4) is 6.07 Å². The Balaban J connectivity index is 2.06. The summed E-state index contributed by atoms with van der Waals surface area (Å²) in [5.74, 6) is -3.03. The van der Waals surface area contributed by atoms with Crippen LogP contribution in [0.25, 0.3) is 0 Å². The first kappa shape index (κ1) is 13.4. The number of rotatable bonds is 2. The summed E-state index contributed by atoms with van der Waals surface area (Å²) >= 11 is 0. The Labute approximate surface area is 109 Å². The second kappa shape index (κ2) is 5.71. The molecule has 7 heteroatoms. The highest BCUT2D eigenvalue weighted by atomic mass is 19.2. The molecule has 0 N–H and O–H groups in total. The van der Waals surface area contributed by atoms with E-state index in [9.17, 15) is 13.6 Å². The number of nitrogens with zero attached hydrogens (tertiary/aromatic N) is 4. The largest absolute Gasteiger partial charge is 0.336 e. The van der Waals surface area contributed by atoms with E-state index in [1.807, 2.05) is 11.0 Å². The van der Waals surface area contributed by atoms with E-state index in [-0.39, 0.29) is 5.56 Å². The number of nitriles is 1. The van der Waals surface area contributed by atoms with E-state index in [0.717, 1.165) is 6.20 Å². The predicted octanol–water partition coefficient (Wildman–Crippen LogP) is 0.641. The predicted molar refractivity (Wildman–Crippen MR) is 62.1 cm³/mol. The van der Waals surface area contributed by atoms with E-state index in [4.69, 9.17) is 5.26 Å². The highest BCUT2D eigenvalue weighted by Gasteiger charge is 2.25. The Morgan fingerprint density at radius 3 is 2.68 bits per heavy atom. The van der Waals surface area contributed by atoms with E-state index in [1.54, 1.807) is 0 Å². The molecule has 2 heterocycles. The van der Waals surface area contributed by atoms with Gasteiger partial charge in [0.1, 0.15) is 0 Å². The average Bonchev–Trinajstić information content (AvgIpc) is 2.42. The highest BCUT2D eigenvalue weighted by Crippen LogP contribution is 2.13. The first-order chi connectivity index (χ1) is 9.13. The maximum absolute atomic E-state index is 13.5. The molecule has 1 aliphatic rings. The second-order valence-corrected chi connectivity index (χ2v) is 4.19. The molecule has 100 valence electrons. The van der Waals surface area contributed by atoms with Gasteiger partial charge >= 0.3 is 0 Å². The molecule has 2 rings (SSSR count). The van der Waals surface area contributed by atoms with Gasteiger partial charge in [-0.2, -0.15) is 9.65 Å². The Kier molecular flexibility index (Phi) is 4.02. The second-order valence-electron chi connectivity index (χ2n) is 4.19. The van der Waals surface area contributed by atoms with E-state index in [0.29, 0.717) is 32.7 Å². The number of hydrogen-bond donors (Lipinski definition) is 0. The van der Waals surface area contributed by atoms with Crippen molar-refractivity contribution in [2.45, 2.75) is 0 Å². The van der Waals surface area contributed by atoms with E-state index in [2.05, 4.69) is 4.98 Å². The van der Waals surface area contributed by atoms with Gasteiger partial charge in [0.05, 0.1) is 18.2 Å². The van der Waals surface area contributed by atoms with Gasteiger partial charge in [-0.05, 0) is 6.07 Å². The van der Waals surface area contributed by atoms with Crippen molar-refractivity contribution in [2.75, 3.05) is 32.7 Å². The third-order valence-corrected chi connectivity index (χ3v) is 3.03. The molecule has 0 spiro atoms. The standard InChI is InChI=1S/C12H12F2N4O/c13-10-9(1-3-16-11(10)14)12(19)18-7-5-17(4-2-15)6-8-18/h1,3H,4-8H2. The monoisotopic (exact) mass is 266 g/mol. The van der Waals surface area contributed by atoms with Crippen molar-refractivity contribution in [3.63, 3.8) is 0 Å². The normalized spacial score (nSPS) is 16.2. The smallest absolute Gasteiger partial charge is 0.257 e. The van der Waals surface area contributed by atoms with Crippen molar-refractivity contribution in [3.05, 3.63) is 29.6 Å². The van der Waals surface area contributed by atoms with Crippen molar-refractivity contribution in [1.29, 1.82) is 5.26 Å². The molecule has 1 aromatic rings. The first-order valence-electron chi connectivity index (χ1n) is 5.82. The zero-order chi connectivity index (χ0) is 13.8. The molecular weight excluding hydrogens is 254 g/mol. The topological polar surface area (TPSA) is 60.2 Å². The average molecular weight is 266 g/mol. The highest BCUT2D eigenvalue weighted by molar-refractivity contribution is 5.94. The molecule has 0 unspecified atom stereocenters. The van der Waals surface area contributed by atoms with Gasteiger partial charge in [0.2, 0.25) is 5.95 Å². The van der Waals surface area contributed by atoms with Gasteiger partial charge in [-0.15, -0.1) is 0 Å². The third kappa shape index (κ3) is 2.85. The molecule has 0 saturated carbocycles. The van der Waals surface area contributed by atoms with Gasteiger partial charge in [0.15, 0.2) is 5.82 Å². The lowest BCUT2D eigenvalue weighted by Crippen LogP contribution is -2.48. The molecular formula is C12H12F2N4O. The number of carbonyl (C=O) groups excluding carboxylic acids is 1. The van der Waals surface area contributed by atoms with Gasteiger partial charge in [-0.3, -0.25) is 9.69 Å². The maximum atomic E-state index is 13.5. The Bertz CT molecular complexity index is 521. The minimum atomic E-state index is -1.27. The van der Waals surface area contributed by atoms with Crippen LogP contribution in [0, 0.1) is 23.1 Å². The van der Waals surface area contributed by atoms with E-state index >= 15 is 0 Å². The summed E-state index contributed by atoms with van der Waals surface area (Å²) in [6.07, 6.45) is 1.07. The Hall–Kier alpha value is -2.07. The summed E-state index contributed by atoms with van der Waals surface area (Å²) in [4.78, 5) is 18.5. The third-order valence-electron chi connectivity index (χ3n) is 3.03. The number of hydrogen-bond acceptors (Lipinski definition) is 4. The number of piperazine rings is 1. The van der Waals surface area contributed by atoms with Crippen LogP contribution in [-0.2, 0) is 0 Å². The minimum Gasteiger partial charge on any atom is -0.336 e. The molecule has 1 saturated heterocycles. The van der Waals surface area contributed by atoms with Crippen LogP contribution >= 0.6 is 0 Å². The first-order valence-corrected chi connectivity index (χ1v) is 5.82. The van der Waals surface area contributed by atoms with Crippen LogP contribution in [0.3, 0.4) is 0 Å². The van der Waals surface area contributed by atoms with Gasteiger partial charge in [0.25, 0.3) is 5.91 Å². The van der Waals surface area contributed by atoms with Crippen LogP contribution in [0.2, 0.25) is 0 Å².